The SMILES string of the molecule is Cc1cnn(C[C@@H](C)Nc2ncnc3c2cnn3C)c1. The van der Waals surface area contributed by atoms with Crippen LogP contribution in [0.1, 0.15) is 12.5 Å². The maximum Gasteiger partial charge on any atom is 0.163 e. The van der Waals surface area contributed by atoms with Crippen LogP contribution in [0.15, 0.2) is 24.9 Å². The highest BCUT2D eigenvalue weighted by Gasteiger charge is 2.10. The van der Waals surface area contributed by atoms with E-state index in [-0.39, 0.29) is 6.04 Å². The van der Waals surface area contributed by atoms with Crippen molar-refractivity contribution in [1.82, 2.24) is 29.5 Å². The second-order valence-corrected chi connectivity index (χ2v) is 5.01. The second-order valence-electron chi connectivity index (χ2n) is 5.01. The summed E-state index contributed by atoms with van der Waals surface area (Å²) >= 11 is 0. The van der Waals surface area contributed by atoms with Crippen molar-refractivity contribution in [3.8, 4) is 0 Å². The molecule has 0 bridgehead atoms. The Morgan fingerprint density at radius 1 is 1.25 bits per heavy atom. The second kappa shape index (κ2) is 4.92. The Bertz CT molecular complexity index is 727. The highest BCUT2D eigenvalue weighted by atomic mass is 15.3. The fourth-order valence-electron chi connectivity index (χ4n) is 2.20. The van der Waals surface area contributed by atoms with Gasteiger partial charge in [0.2, 0.25) is 0 Å². The van der Waals surface area contributed by atoms with Gasteiger partial charge in [0, 0.05) is 19.3 Å². The lowest BCUT2D eigenvalue weighted by atomic mass is 10.3. The third-order valence-electron chi connectivity index (χ3n) is 3.14. The van der Waals surface area contributed by atoms with Crippen LogP contribution in [-0.2, 0) is 13.6 Å². The number of hydrogen-bond donors (Lipinski definition) is 1. The lowest BCUT2D eigenvalue weighted by Gasteiger charge is -2.14. The minimum atomic E-state index is 0.201. The minimum Gasteiger partial charge on any atom is -0.365 e. The normalized spacial score (nSPS) is 12.8. The Morgan fingerprint density at radius 2 is 2.10 bits per heavy atom. The van der Waals surface area contributed by atoms with Crippen molar-refractivity contribution in [2.75, 3.05) is 5.32 Å². The smallest absolute Gasteiger partial charge is 0.163 e. The Morgan fingerprint density at radius 3 is 2.85 bits per heavy atom. The topological polar surface area (TPSA) is 73.5 Å². The predicted molar refractivity (Wildman–Crippen MR) is 76.4 cm³/mol. The van der Waals surface area contributed by atoms with Gasteiger partial charge >= 0.3 is 0 Å². The zero-order valence-corrected chi connectivity index (χ0v) is 11.8. The van der Waals surface area contributed by atoms with Crippen LogP contribution in [-0.4, -0.2) is 35.6 Å². The average Bonchev–Trinajstić information content (AvgIpc) is 2.98. The van der Waals surface area contributed by atoms with E-state index >= 15 is 0 Å². The minimum absolute atomic E-state index is 0.201. The van der Waals surface area contributed by atoms with Crippen molar-refractivity contribution in [3.63, 3.8) is 0 Å². The van der Waals surface area contributed by atoms with Gasteiger partial charge in [0.05, 0.1) is 24.3 Å². The molecular weight excluding hydrogens is 254 g/mol. The predicted octanol–water partition coefficient (Wildman–Crippen LogP) is 1.37. The highest BCUT2D eigenvalue weighted by Crippen LogP contribution is 2.18. The number of aryl methyl sites for hydroxylation is 2. The fourth-order valence-corrected chi connectivity index (χ4v) is 2.20. The molecule has 0 fully saturated rings. The maximum atomic E-state index is 4.30. The third-order valence-corrected chi connectivity index (χ3v) is 3.14. The molecule has 0 saturated heterocycles. The number of rotatable bonds is 4. The van der Waals surface area contributed by atoms with Gasteiger partial charge in [-0.05, 0) is 19.4 Å². The van der Waals surface area contributed by atoms with Gasteiger partial charge in [-0.15, -0.1) is 0 Å². The number of anilines is 1. The maximum absolute atomic E-state index is 4.30. The van der Waals surface area contributed by atoms with E-state index in [0.29, 0.717) is 0 Å². The number of nitrogens with one attached hydrogen (secondary N) is 1. The van der Waals surface area contributed by atoms with Gasteiger partial charge in [-0.2, -0.15) is 10.2 Å². The largest absolute Gasteiger partial charge is 0.365 e. The summed E-state index contributed by atoms with van der Waals surface area (Å²) < 4.78 is 3.67. The Labute approximate surface area is 116 Å². The summed E-state index contributed by atoms with van der Waals surface area (Å²) in [6.07, 6.45) is 7.22. The molecule has 0 aromatic carbocycles. The molecule has 104 valence electrons. The lowest BCUT2D eigenvalue weighted by molar-refractivity contribution is 0.560. The molecule has 7 nitrogen and oxygen atoms in total. The van der Waals surface area contributed by atoms with Crippen molar-refractivity contribution in [1.29, 1.82) is 0 Å². The third kappa shape index (κ3) is 2.34. The molecule has 0 saturated carbocycles. The summed E-state index contributed by atoms with van der Waals surface area (Å²) in [5.74, 6) is 0.805. The molecule has 3 heterocycles. The van der Waals surface area contributed by atoms with Crippen LogP contribution in [0.3, 0.4) is 0 Å². The number of nitrogens with zero attached hydrogens (tertiary/aromatic N) is 6. The fraction of sp³-hybridized carbons (Fsp3) is 0.385. The number of aromatic nitrogens is 6. The number of fused-ring (bicyclic) bond motifs is 1. The van der Waals surface area contributed by atoms with E-state index in [2.05, 4.69) is 32.4 Å². The Balaban J connectivity index is 1.78. The Kier molecular flexibility index (Phi) is 3.09. The molecule has 0 radical (unpaired) electrons. The summed E-state index contributed by atoms with van der Waals surface area (Å²) in [4.78, 5) is 8.53. The van der Waals surface area contributed by atoms with E-state index in [9.17, 15) is 0 Å². The number of hydrogen-bond acceptors (Lipinski definition) is 5. The Hall–Kier alpha value is -2.44. The van der Waals surface area contributed by atoms with E-state index < -0.39 is 0 Å². The highest BCUT2D eigenvalue weighted by molar-refractivity contribution is 5.86. The van der Waals surface area contributed by atoms with Crippen LogP contribution in [0, 0.1) is 6.92 Å². The van der Waals surface area contributed by atoms with Crippen LogP contribution < -0.4 is 5.32 Å². The van der Waals surface area contributed by atoms with Crippen LogP contribution in [0.25, 0.3) is 11.0 Å². The van der Waals surface area contributed by atoms with E-state index in [1.807, 2.05) is 31.0 Å². The zero-order valence-electron chi connectivity index (χ0n) is 11.8. The molecule has 0 unspecified atom stereocenters. The molecule has 20 heavy (non-hydrogen) atoms. The van der Waals surface area contributed by atoms with Crippen molar-refractivity contribution in [3.05, 3.63) is 30.5 Å². The molecule has 0 aliphatic carbocycles. The van der Waals surface area contributed by atoms with Gasteiger partial charge in [0.25, 0.3) is 0 Å². The molecule has 3 aromatic heterocycles. The summed E-state index contributed by atoms with van der Waals surface area (Å²) in [6.45, 7) is 4.91. The molecule has 0 amide bonds. The standard InChI is InChI=1S/C13H17N7/c1-9-4-17-20(6-9)7-10(2)18-12-11-5-16-19(3)13(11)15-8-14-12/h4-6,8,10H,7H2,1-3H3,(H,14,15,18)/t10-/m1/s1. The quantitative estimate of drug-likeness (QED) is 0.775. The first-order valence-electron chi connectivity index (χ1n) is 6.52. The van der Waals surface area contributed by atoms with Crippen molar-refractivity contribution >= 4 is 16.9 Å². The van der Waals surface area contributed by atoms with Crippen LogP contribution in [0.2, 0.25) is 0 Å². The summed E-state index contributed by atoms with van der Waals surface area (Å²) in [6, 6.07) is 0.201. The molecule has 3 aromatic rings. The molecule has 3 rings (SSSR count). The van der Waals surface area contributed by atoms with Gasteiger partial charge in [0.15, 0.2) is 5.65 Å². The first-order chi connectivity index (χ1) is 9.63. The van der Waals surface area contributed by atoms with E-state index in [1.165, 1.54) is 0 Å². The van der Waals surface area contributed by atoms with Crippen molar-refractivity contribution < 1.29 is 0 Å². The molecule has 7 heteroatoms. The van der Waals surface area contributed by atoms with Crippen molar-refractivity contribution in [2.24, 2.45) is 7.05 Å². The van der Waals surface area contributed by atoms with Crippen LogP contribution >= 0.6 is 0 Å². The zero-order chi connectivity index (χ0) is 14.1. The van der Waals surface area contributed by atoms with E-state index in [4.69, 9.17) is 0 Å². The molecular formula is C13H17N7. The molecule has 0 spiro atoms. The molecule has 0 aliphatic heterocycles. The van der Waals surface area contributed by atoms with Gasteiger partial charge in [-0.1, -0.05) is 0 Å². The van der Waals surface area contributed by atoms with Crippen LogP contribution in [0.4, 0.5) is 5.82 Å². The first kappa shape index (κ1) is 12.6. The van der Waals surface area contributed by atoms with Crippen LogP contribution in [0.5, 0.6) is 0 Å². The average molecular weight is 271 g/mol. The molecule has 1 N–H and O–H groups in total. The van der Waals surface area contributed by atoms with Gasteiger partial charge in [0.1, 0.15) is 12.1 Å². The first-order valence-corrected chi connectivity index (χ1v) is 6.52. The summed E-state index contributed by atoms with van der Waals surface area (Å²) in [5, 5.41) is 12.8. The summed E-state index contributed by atoms with van der Waals surface area (Å²) in [7, 11) is 1.87. The van der Waals surface area contributed by atoms with E-state index in [1.54, 1.807) is 17.2 Å². The van der Waals surface area contributed by atoms with Gasteiger partial charge in [-0.3, -0.25) is 9.36 Å². The molecule has 0 aliphatic rings. The van der Waals surface area contributed by atoms with Crippen molar-refractivity contribution in [2.45, 2.75) is 26.4 Å². The monoisotopic (exact) mass is 271 g/mol. The van der Waals surface area contributed by atoms with Gasteiger partial charge < -0.3 is 5.32 Å². The van der Waals surface area contributed by atoms with Gasteiger partial charge in [-0.25, -0.2) is 9.97 Å². The lowest BCUT2D eigenvalue weighted by Crippen LogP contribution is -2.23. The molecule has 1 atom stereocenters. The van der Waals surface area contributed by atoms with E-state index in [0.717, 1.165) is 29.0 Å². The summed E-state index contributed by atoms with van der Waals surface area (Å²) in [5.41, 5.74) is 1.98.